The Balaban J connectivity index is 2.42. The van der Waals surface area contributed by atoms with E-state index in [2.05, 4.69) is 9.98 Å². The van der Waals surface area contributed by atoms with E-state index in [9.17, 15) is 15.0 Å². The topological polar surface area (TPSA) is 123 Å². The highest BCUT2D eigenvalue weighted by atomic mass is 16.6. The zero-order valence-corrected chi connectivity index (χ0v) is 11.3. The minimum Gasteiger partial charge on any atom is -0.393 e. The van der Waals surface area contributed by atoms with Crippen LogP contribution in [0.1, 0.15) is 13.2 Å². The Hall–Kier alpha value is -1.77. The fourth-order valence-corrected chi connectivity index (χ4v) is 2.43. The van der Waals surface area contributed by atoms with E-state index in [1.54, 1.807) is 6.92 Å². The monoisotopic (exact) mass is 282 g/mol. The minimum atomic E-state index is -1.32. The number of aliphatic hydroxyl groups is 2. The van der Waals surface area contributed by atoms with Crippen LogP contribution < -0.4 is 11.4 Å². The van der Waals surface area contributed by atoms with Crippen LogP contribution in [-0.2, 0) is 4.74 Å². The molecule has 2 rings (SSSR count). The quantitative estimate of drug-likeness (QED) is 0.597. The SMILES string of the molecule is CN=CC1(CO)OC(n2ccc(N)nc2=O)C(C)C1O. The second kappa shape index (κ2) is 5.31. The lowest BCUT2D eigenvalue weighted by molar-refractivity contribution is -0.0823. The van der Waals surface area contributed by atoms with Crippen molar-refractivity contribution < 1.29 is 14.9 Å². The largest absolute Gasteiger partial charge is 0.393 e. The van der Waals surface area contributed by atoms with Crippen LogP contribution in [0.15, 0.2) is 22.1 Å². The summed E-state index contributed by atoms with van der Waals surface area (Å²) in [6.07, 6.45) is 1.06. The van der Waals surface area contributed by atoms with Gasteiger partial charge in [0.2, 0.25) is 0 Å². The number of nitrogens with zero attached hydrogens (tertiary/aromatic N) is 3. The first kappa shape index (κ1) is 14.6. The number of hydrogen-bond acceptors (Lipinski definition) is 7. The molecule has 0 aliphatic carbocycles. The molecule has 0 amide bonds. The molecule has 1 aliphatic heterocycles. The van der Waals surface area contributed by atoms with Crippen molar-refractivity contribution in [3.8, 4) is 0 Å². The third-order valence-electron chi connectivity index (χ3n) is 3.51. The summed E-state index contributed by atoms with van der Waals surface area (Å²) in [7, 11) is 1.52. The van der Waals surface area contributed by atoms with E-state index in [1.807, 2.05) is 0 Å². The lowest BCUT2D eigenvalue weighted by Crippen LogP contribution is -2.46. The number of aliphatic imine (C=N–C) groups is 1. The van der Waals surface area contributed by atoms with Crippen LogP contribution in [0.3, 0.4) is 0 Å². The Kier molecular flexibility index (Phi) is 3.89. The number of nitrogen functional groups attached to an aromatic ring is 1. The van der Waals surface area contributed by atoms with Crippen LogP contribution in [0, 0.1) is 5.92 Å². The fraction of sp³-hybridized carbons (Fsp3) is 0.583. The highest BCUT2D eigenvalue weighted by Crippen LogP contribution is 2.39. The molecule has 0 spiro atoms. The highest BCUT2D eigenvalue weighted by molar-refractivity contribution is 5.70. The third kappa shape index (κ3) is 2.21. The molecule has 20 heavy (non-hydrogen) atoms. The van der Waals surface area contributed by atoms with Gasteiger partial charge < -0.3 is 20.7 Å². The molecule has 1 aromatic rings. The van der Waals surface area contributed by atoms with Gasteiger partial charge in [-0.2, -0.15) is 4.98 Å². The van der Waals surface area contributed by atoms with Crippen LogP contribution in [0.5, 0.6) is 0 Å². The highest BCUT2D eigenvalue weighted by Gasteiger charge is 2.52. The van der Waals surface area contributed by atoms with Gasteiger partial charge in [0.25, 0.3) is 0 Å². The Morgan fingerprint density at radius 3 is 2.95 bits per heavy atom. The number of aromatic nitrogens is 2. The van der Waals surface area contributed by atoms with Gasteiger partial charge in [-0.1, -0.05) is 6.92 Å². The molecule has 4 N–H and O–H groups in total. The van der Waals surface area contributed by atoms with Crippen molar-refractivity contribution >= 4 is 12.0 Å². The predicted molar refractivity (Wildman–Crippen MR) is 72.4 cm³/mol. The van der Waals surface area contributed by atoms with Gasteiger partial charge in [-0.25, -0.2) is 4.79 Å². The van der Waals surface area contributed by atoms with E-state index in [0.29, 0.717) is 0 Å². The summed E-state index contributed by atoms with van der Waals surface area (Å²) >= 11 is 0. The molecule has 0 radical (unpaired) electrons. The summed E-state index contributed by atoms with van der Waals surface area (Å²) in [5, 5.41) is 19.8. The third-order valence-corrected chi connectivity index (χ3v) is 3.51. The van der Waals surface area contributed by atoms with E-state index in [-0.39, 0.29) is 5.82 Å². The van der Waals surface area contributed by atoms with Crippen molar-refractivity contribution in [3.63, 3.8) is 0 Å². The minimum absolute atomic E-state index is 0.112. The maximum atomic E-state index is 11.9. The first-order valence-electron chi connectivity index (χ1n) is 6.20. The molecule has 1 aliphatic rings. The van der Waals surface area contributed by atoms with Crippen molar-refractivity contribution in [2.75, 3.05) is 19.4 Å². The summed E-state index contributed by atoms with van der Waals surface area (Å²) in [6, 6.07) is 1.47. The summed E-state index contributed by atoms with van der Waals surface area (Å²) < 4.78 is 6.94. The molecule has 1 saturated heterocycles. The molecule has 8 heteroatoms. The number of aliphatic hydroxyl groups excluding tert-OH is 2. The maximum Gasteiger partial charge on any atom is 0.351 e. The van der Waals surface area contributed by atoms with E-state index in [0.717, 1.165) is 0 Å². The molecule has 4 atom stereocenters. The average Bonchev–Trinajstić information content (AvgIpc) is 2.65. The molecule has 0 aromatic carbocycles. The van der Waals surface area contributed by atoms with Gasteiger partial charge in [0.15, 0.2) is 5.60 Å². The zero-order valence-electron chi connectivity index (χ0n) is 11.3. The van der Waals surface area contributed by atoms with Gasteiger partial charge in [0.1, 0.15) is 12.0 Å². The Bertz CT molecular complexity index is 573. The second-order valence-corrected chi connectivity index (χ2v) is 4.85. The predicted octanol–water partition coefficient (Wildman–Crippen LogP) is -1.22. The Labute approximate surface area is 115 Å². The van der Waals surface area contributed by atoms with Crippen LogP contribution in [-0.4, -0.2) is 51.3 Å². The maximum absolute atomic E-state index is 11.9. The smallest absolute Gasteiger partial charge is 0.351 e. The van der Waals surface area contributed by atoms with Crippen molar-refractivity contribution in [3.05, 3.63) is 22.7 Å². The molecule has 1 aromatic heterocycles. The van der Waals surface area contributed by atoms with Crippen LogP contribution in [0.25, 0.3) is 0 Å². The zero-order chi connectivity index (χ0) is 14.9. The standard InChI is InChI=1S/C12H18N4O4/c1-7-9(18)12(6-17,5-14-2)20-10(7)16-4-3-8(13)15-11(16)19/h3-5,7,9-10,17-18H,6H2,1-2H3,(H2,13,15,19). The number of nitrogens with two attached hydrogens (primary N) is 1. The number of ether oxygens (including phenoxy) is 1. The van der Waals surface area contributed by atoms with Gasteiger partial charge in [-0.05, 0) is 6.07 Å². The fourth-order valence-electron chi connectivity index (χ4n) is 2.43. The first-order chi connectivity index (χ1) is 9.45. The summed E-state index contributed by atoms with van der Waals surface area (Å²) in [6.45, 7) is 1.28. The number of rotatable bonds is 3. The van der Waals surface area contributed by atoms with E-state index < -0.39 is 36.1 Å². The van der Waals surface area contributed by atoms with Crippen LogP contribution in [0.4, 0.5) is 5.82 Å². The van der Waals surface area contributed by atoms with Crippen molar-refractivity contribution in [2.24, 2.45) is 10.9 Å². The van der Waals surface area contributed by atoms with Gasteiger partial charge >= 0.3 is 5.69 Å². The van der Waals surface area contributed by atoms with Gasteiger partial charge in [-0.3, -0.25) is 9.56 Å². The van der Waals surface area contributed by atoms with Gasteiger partial charge in [0.05, 0.1) is 12.7 Å². The van der Waals surface area contributed by atoms with Crippen molar-refractivity contribution in [1.29, 1.82) is 0 Å². The Morgan fingerprint density at radius 1 is 1.70 bits per heavy atom. The van der Waals surface area contributed by atoms with E-state index in [4.69, 9.17) is 10.5 Å². The van der Waals surface area contributed by atoms with E-state index >= 15 is 0 Å². The molecular weight excluding hydrogens is 264 g/mol. The molecule has 8 nitrogen and oxygen atoms in total. The van der Waals surface area contributed by atoms with Crippen molar-refractivity contribution in [1.82, 2.24) is 9.55 Å². The molecule has 0 bridgehead atoms. The summed E-state index contributed by atoms with van der Waals surface area (Å²) in [5.41, 5.74) is 3.55. The Morgan fingerprint density at radius 2 is 2.40 bits per heavy atom. The molecule has 4 unspecified atom stereocenters. The second-order valence-electron chi connectivity index (χ2n) is 4.85. The number of anilines is 1. The van der Waals surface area contributed by atoms with Gasteiger partial charge in [-0.15, -0.1) is 0 Å². The first-order valence-corrected chi connectivity index (χ1v) is 6.20. The molecule has 1 fully saturated rings. The average molecular weight is 282 g/mol. The lowest BCUT2D eigenvalue weighted by Gasteiger charge is -2.25. The van der Waals surface area contributed by atoms with Crippen LogP contribution >= 0.6 is 0 Å². The summed E-state index contributed by atoms with van der Waals surface area (Å²) in [5.74, 6) is -0.315. The lowest BCUT2D eigenvalue weighted by atomic mass is 9.92. The van der Waals surface area contributed by atoms with E-state index in [1.165, 1.54) is 30.1 Å². The van der Waals surface area contributed by atoms with Crippen molar-refractivity contribution in [2.45, 2.75) is 24.9 Å². The molecular formula is C12H18N4O4. The number of hydrogen-bond donors (Lipinski definition) is 3. The molecule has 0 saturated carbocycles. The van der Waals surface area contributed by atoms with Crippen LogP contribution in [0.2, 0.25) is 0 Å². The normalized spacial score (nSPS) is 33.9. The summed E-state index contributed by atoms with van der Waals surface area (Å²) in [4.78, 5) is 19.3. The molecule has 110 valence electrons. The van der Waals surface area contributed by atoms with Gasteiger partial charge in [0, 0.05) is 25.4 Å². The molecule has 2 heterocycles.